The Morgan fingerprint density at radius 3 is 3.31 bits per heavy atom. The molecule has 0 radical (unpaired) electrons. The van der Waals surface area contributed by atoms with Crippen molar-refractivity contribution in [2.24, 2.45) is 16.8 Å². The lowest BCUT2D eigenvalue weighted by atomic mass is 9.82. The molecule has 0 aromatic carbocycles. The Hall–Kier alpha value is -1.15. The SMILES string of the molecule is C1=CCC2C(=C1)C1CC3=NCC=CC3C2N1. The Morgan fingerprint density at radius 2 is 2.31 bits per heavy atom. The maximum Gasteiger partial charge on any atom is 0.0570 e. The lowest BCUT2D eigenvalue weighted by Crippen LogP contribution is -2.47. The molecule has 0 aromatic heterocycles. The Bertz CT molecular complexity index is 442. The molecule has 0 aromatic rings. The Labute approximate surface area is 95.8 Å². The number of fused-ring (bicyclic) bond motifs is 7. The van der Waals surface area contributed by atoms with Crippen LogP contribution in [0.15, 0.2) is 40.9 Å². The van der Waals surface area contributed by atoms with Crippen LogP contribution in [0.5, 0.6) is 0 Å². The van der Waals surface area contributed by atoms with Crippen LogP contribution in [-0.4, -0.2) is 24.3 Å². The average Bonchev–Trinajstić information content (AvgIpc) is 2.65. The molecule has 3 heterocycles. The van der Waals surface area contributed by atoms with Gasteiger partial charge in [0, 0.05) is 36.1 Å². The van der Waals surface area contributed by atoms with Crippen LogP contribution in [0, 0.1) is 11.8 Å². The molecule has 2 saturated heterocycles. The largest absolute Gasteiger partial charge is 0.306 e. The number of piperidine rings is 1. The van der Waals surface area contributed by atoms with E-state index in [1.807, 2.05) is 0 Å². The van der Waals surface area contributed by atoms with Crippen LogP contribution in [0.25, 0.3) is 0 Å². The van der Waals surface area contributed by atoms with Gasteiger partial charge >= 0.3 is 0 Å². The van der Waals surface area contributed by atoms with Crippen molar-refractivity contribution in [3.8, 4) is 0 Å². The van der Waals surface area contributed by atoms with E-state index in [0.717, 1.165) is 18.9 Å². The highest BCUT2D eigenvalue weighted by Crippen LogP contribution is 2.42. The van der Waals surface area contributed by atoms with Gasteiger partial charge in [-0.05, 0) is 12.0 Å². The first-order valence-electron chi connectivity index (χ1n) is 6.26. The van der Waals surface area contributed by atoms with Crippen LogP contribution >= 0.6 is 0 Å². The monoisotopic (exact) mass is 212 g/mol. The predicted molar refractivity (Wildman–Crippen MR) is 65.6 cm³/mol. The van der Waals surface area contributed by atoms with Crippen molar-refractivity contribution in [1.29, 1.82) is 0 Å². The molecule has 2 heteroatoms. The van der Waals surface area contributed by atoms with E-state index in [1.165, 1.54) is 12.1 Å². The van der Waals surface area contributed by atoms with Crippen molar-refractivity contribution in [3.63, 3.8) is 0 Å². The van der Waals surface area contributed by atoms with E-state index in [4.69, 9.17) is 4.99 Å². The fourth-order valence-electron chi connectivity index (χ4n) is 3.70. The molecule has 3 aliphatic heterocycles. The topological polar surface area (TPSA) is 24.4 Å². The van der Waals surface area contributed by atoms with E-state index in [1.54, 1.807) is 5.57 Å². The zero-order valence-electron chi connectivity index (χ0n) is 9.26. The maximum atomic E-state index is 4.69. The number of dihydropyridines is 1. The summed E-state index contributed by atoms with van der Waals surface area (Å²) in [5, 5.41) is 3.79. The molecule has 1 N–H and O–H groups in total. The number of nitrogens with zero attached hydrogens (tertiary/aromatic N) is 1. The number of allylic oxidation sites excluding steroid dienone is 3. The van der Waals surface area contributed by atoms with Crippen molar-refractivity contribution in [2.75, 3.05) is 6.54 Å². The van der Waals surface area contributed by atoms with E-state index in [9.17, 15) is 0 Å². The third-order valence-electron chi connectivity index (χ3n) is 4.40. The number of nitrogens with one attached hydrogen (secondary N) is 1. The van der Waals surface area contributed by atoms with Crippen molar-refractivity contribution in [1.82, 2.24) is 5.32 Å². The lowest BCUT2D eigenvalue weighted by molar-refractivity contribution is 0.405. The molecule has 0 amide bonds. The quantitative estimate of drug-likeness (QED) is 0.609. The zero-order chi connectivity index (χ0) is 10.5. The lowest BCUT2D eigenvalue weighted by Gasteiger charge is -2.32. The summed E-state index contributed by atoms with van der Waals surface area (Å²) in [6, 6.07) is 1.17. The summed E-state index contributed by atoms with van der Waals surface area (Å²) in [5.74, 6) is 1.28. The van der Waals surface area contributed by atoms with Crippen molar-refractivity contribution >= 4 is 5.71 Å². The van der Waals surface area contributed by atoms with E-state index < -0.39 is 0 Å². The smallest absolute Gasteiger partial charge is 0.0570 e. The van der Waals surface area contributed by atoms with Gasteiger partial charge in [0.2, 0.25) is 0 Å². The van der Waals surface area contributed by atoms with Gasteiger partial charge in [0.05, 0.1) is 6.54 Å². The van der Waals surface area contributed by atoms with Crippen LogP contribution in [0.3, 0.4) is 0 Å². The molecule has 2 bridgehead atoms. The number of rotatable bonds is 0. The first-order chi connectivity index (χ1) is 7.93. The molecule has 0 saturated carbocycles. The summed E-state index contributed by atoms with van der Waals surface area (Å²) < 4.78 is 0. The second-order valence-corrected chi connectivity index (χ2v) is 5.17. The van der Waals surface area contributed by atoms with E-state index in [0.29, 0.717) is 18.0 Å². The van der Waals surface area contributed by atoms with Crippen molar-refractivity contribution in [2.45, 2.75) is 24.9 Å². The van der Waals surface area contributed by atoms with Gasteiger partial charge in [-0.2, -0.15) is 0 Å². The maximum absolute atomic E-state index is 4.69. The number of hydrogen-bond donors (Lipinski definition) is 1. The third kappa shape index (κ3) is 1.08. The summed E-state index contributed by atoms with van der Waals surface area (Å²) in [5.41, 5.74) is 3.06. The molecule has 4 rings (SSSR count). The fourth-order valence-corrected chi connectivity index (χ4v) is 3.70. The molecule has 4 aliphatic rings. The molecular formula is C14H16N2. The predicted octanol–water partition coefficient (Wildman–Crippen LogP) is 1.86. The number of aliphatic imine (C=N–C) groups is 1. The highest BCUT2D eigenvalue weighted by Gasteiger charge is 2.47. The Morgan fingerprint density at radius 1 is 1.31 bits per heavy atom. The van der Waals surface area contributed by atoms with Crippen LogP contribution in [0.2, 0.25) is 0 Å². The van der Waals surface area contributed by atoms with Gasteiger partial charge in [0.1, 0.15) is 0 Å². The first-order valence-corrected chi connectivity index (χ1v) is 6.26. The molecular weight excluding hydrogens is 196 g/mol. The summed E-state index contributed by atoms with van der Waals surface area (Å²) in [4.78, 5) is 4.69. The van der Waals surface area contributed by atoms with Gasteiger partial charge in [-0.3, -0.25) is 4.99 Å². The number of hydrogen-bond acceptors (Lipinski definition) is 2. The van der Waals surface area contributed by atoms with Crippen LogP contribution < -0.4 is 5.32 Å². The highest BCUT2D eigenvalue weighted by molar-refractivity contribution is 5.92. The zero-order valence-corrected chi connectivity index (χ0v) is 9.26. The molecule has 2 fully saturated rings. The first kappa shape index (κ1) is 8.94. The summed E-state index contributed by atoms with van der Waals surface area (Å²) in [7, 11) is 0. The standard InChI is InChI=1S/C14H16N2/c1-2-5-10-9(4-1)13-8-12-11(14(10)16-13)6-3-7-15-12/h1-4,6,10-11,13-14,16H,5,7-8H2. The molecule has 16 heavy (non-hydrogen) atoms. The molecule has 1 aliphatic carbocycles. The summed E-state index contributed by atoms with van der Waals surface area (Å²) in [6.45, 7) is 0.896. The molecule has 82 valence electrons. The molecule has 4 unspecified atom stereocenters. The minimum atomic E-state index is 0.562. The van der Waals surface area contributed by atoms with E-state index in [-0.39, 0.29) is 0 Å². The second-order valence-electron chi connectivity index (χ2n) is 5.17. The molecule has 0 spiro atoms. The van der Waals surface area contributed by atoms with Gasteiger partial charge < -0.3 is 5.32 Å². The van der Waals surface area contributed by atoms with Crippen molar-refractivity contribution in [3.05, 3.63) is 36.0 Å². The normalized spacial score (nSPS) is 43.5. The van der Waals surface area contributed by atoms with Crippen molar-refractivity contribution < 1.29 is 0 Å². The minimum absolute atomic E-state index is 0.562. The van der Waals surface area contributed by atoms with Gasteiger partial charge in [-0.15, -0.1) is 0 Å². The van der Waals surface area contributed by atoms with Gasteiger partial charge in [-0.1, -0.05) is 30.4 Å². The highest BCUT2D eigenvalue weighted by atomic mass is 15.0. The minimum Gasteiger partial charge on any atom is -0.306 e. The summed E-state index contributed by atoms with van der Waals surface area (Å²) in [6.07, 6.45) is 13.8. The van der Waals surface area contributed by atoms with Gasteiger partial charge in [-0.25, -0.2) is 0 Å². The third-order valence-corrected chi connectivity index (χ3v) is 4.40. The van der Waals surface area contributed by atoms with Crippen LogP contribution in [0.1, 0.15) is 12.8 Å². The Balaban J connectivity index is 1.78. The molecule has 2 nitrogen and oxygen atoms in total. The second kappa shape index (κ2) is 3.17. The molecule has 4 atom stereocenters. The van der Waals surface area contributed by atoms with E-state index >= 15 is 0 Å². The Kier molecular flexibility index (Phi) is 1.77. The van der Waals surface area contributed by atoms with Crippen LogP contribution in [-0.2, 0) is 0 Å². The fraction of sp³-hybridized carbons (Fsp3) is 0.500. The van der Waals surface area contributed by atoms with Gasteiger partial charge in [0.15, 0.2) is 0 Å². The summed E-state index contributed by atoms with van der Waals surface area (Å²) >= 11 is 0. The average molecular weight is 212 g/mol. The van der Waals surface area contributed by atoms with E-state index in [2.05, 4.69) is 35.7 Å². The van der Waals surface area contributed by atoms with Crippen LogP contribution in [0.4, 0.5) is 0 Å². The van der Waals surface area contributed by atoms with Gasteiger partial charge in [0.25, 0.3) is 0 Å².